The average molecular weight is 289 g/mol. The number of aryl methyl sites for hydroxylation is 1. The highest BCUT2D eigenvalue weighted by Gasteiger charge is 1.98. The molecule has 0 heterocycles. The van der Waals surface area contributed by atoms with Crippen LogP contribution in [0.3, 0.4) is 0 Å². The van der Waals surface area contributed by atoms with Gasteiger partial charge in [-0.1, -0.05) is 36.4 Å². The van der Waals surface area contributed by atoms with Gasteiger partial charge in [0.25, 0.3) is 0 Å². The Labute approximate surface area is 125 Å². The number of carbonyl (C=O) groups excluding carboxylic acids is 1. The van der Waals surface area contributed by atoms with Crippen LogP contribution in [0, 0.1) is 0 Å². The third kappa shape index (κ3) is 8.63. The minimum atomic E-state index is -0.766. The van der Waals surface area contributed by atoms with Gasteiger partial charge in [0.1, 0.15) is 0 Å². The number of allylic oxidation sites excluding steroid dienone is 1. The molecule has 0 unspecified atom stereocenters. The van der Waals surface area contributed by atoms with Crippen LogP contribution in [-0.2, 0) is 16.0 Å². The van der Waals surface area contributed by atoms with Gasteiger partial charge in [0.15, 0.2) is 0 Å². The lowest BCUT2D eigenvalue weighted by molar-refractivity contribution is -0.137. The highest BCUT2D eigenvalue weighted by Crippen LogP contribution is 2.09. The van der Waals surface area contributed by atoms with Crippen LogP contribution in [0.4, 0.5) is 0 Å². The minimum absolute atomic E-state index is 0.0218. The van der Waals surface area contributed by atoms with E-state index in [1.54, 1.807) is 0 Å². The molecule has 4 heteroatoms. The first-order valence-electron chi connectivity index (χ1n) is 7.29. The largest absolute Gasteiger partial charge is 0.481 e. The Morgan fingerprint density at radius 1 is 1.19 bits per heavy atom. The zero-order valence-corrected chi connectivity index (χ0v) is 12.5. The molecule has 0 saturated carbocycles. The van der Waals surface area contributed by atoms with Crippen molar-refractivity contribution in [1.29, 1.82) is 0 Å². The van der Waals surface area contributed by atoms with Crippen LogP contribution in [-0.4, -0.2) is 23.5 Å². The van der Waals surface area contributed by atoms with Gasteiger partial charge in [-0.2, -0.15) is 0 Å². The number of unbranched alkanes of at least 4 members (excludes halogenated alkanes) is 2. The Morgan fingerprint density at radius 2 is 1.90 bits per heavy atom. The van der Waals surface area contributed by atoms with Crippen molar-refractivity contribution in [3.05, 3.63) is 41.5 Å². The highest BCUT2D eigenvalue weighted by atomic mass is 16.4. The molecule has 0 saturated heterocycles. The van der Waals surface area contributed by atoms with Crippen LogP contribution in [0.1, 0.15) is 43.7 Å². The molecular formula is C17H23NO3. The lowest BCUT2D eigenvalue weighted by atomic mass is 10.1. The molecular weight excluding hydrogens is 266 g/mol. The van der Waals surface area contributed by atoms with Gasteiger partial charge in [0.05, 0.1) is 0 Å². The van der Waals surface area contributed by atoms with E-state index in [0.29, 0.717) is 6.42 Å². The smallest absolute Gasteiger partial charge is 0.303 e. The fourth-order valence-corrected chi connectivity index (χ4v) is 1.92. The van der Waals surface area contributed by atoms with Crippen LogP contribution in [0.5, 0.6) is 0 Å². The van der Waals surface area contributed by atoms with Gasteiger partial charge < -0.3 is 10.4 Å². The molecule has 0 spiro atoms. The number of hydrogen-bond donors (Lipinski definition) is 2. The van der Waals surface area contributed by atoms with Crippen molar-refractivity contribution in [2.75, 3.05) is 6.54 Å². The summed E-state index contributed by atoms with van der Waals surface area (Å²) in [4.78, 5) is 21.2. The number of carboxylic acid groups (broad SMARTS) is 1. The third-order valence-corrected chi connectivity index (χ3v) is 3.09. The van der Waals surface area contributed by atoms with Gasteiger partial charge in [-0.3, -0.25) is 9.59 Å². The number of rotatable bonds is 9. The molecule has 0 aliphatic carbocycles. The summed E-state index contributed by atoms with van der Waals surface area (Å²) in [6, 6.07) is 7.95. The van der Waals surface area contributed by atoms with Crippen molar-refractivity contribution in [2.24, 2.45) is 0 Å². The molecule has 2 N–H and O–H groups in total. The van der Waals surface area contributed by atoms with E-state index >= 15 is 0 Å². The summed E-state index contributed by atoms with van der Waals surface area (Å²) in [5, 5.41) is 11.4. The number of benzene rings is 1. The molecule has 0 aliphatic rings. The first-order valence-corrected chi connectivity index (χ1v) is 7.29. The maximum absolute atomic E-state index is 10.7. The van der Waals surface area contributed by atoms with Gasteiger partial charge >= 0.3 is 5.97 Å². The highest BCUT2D eigenvalue weighted by molar-refractivity contribution is 5.72. The van der Waals surface area contributed by atoms with Crippen LogP contribution >= 0.6 is 0 Å². The molecule has 1 rings (SSSR count). The zero-order valence-electron chi connectivity index (χ0n) is 12.5. The Morgan fingerprint density at radius 3 is 2.52 bits per heavy atom. The summed E-state index contributed by atoms with van der Waals surface area (Å²) in [6.07, 6.45) is 7.96. The van der Waals surface area contributed by atoms with Gasteiger partial charge in [-0.15, -0.1) is 0 Å². The summed E-state index contributed by atoms with van der Waals surface area (Å²) in [5.74, 6) is -0.744. The van der Waals surface area contributed by atoms with E-state index in [0.717, 1.165) is 36.9 Å². The van der Waals surface area contributed by atoms with E-state index < -0.39 is 5.97 Å². The monoisotopic (exact) mass is 289 g/mol. The quantitative estimate of drug-likeness (QED) is 0.687. The van der Waals surface area contributed by atoms with E-state index in [2.05, 4.69) is 17.5 Å². The van der Waals surface area contributed by atoms with Crippen molar-refractivity contribution in [1.82, 2.24) is 5.32 Å². The van der Waals surface area contributed by atoms with Gasteiger partial charge in [-0.05, 0) is 36.8 Å². The lowest BCUT2D eigenvalue weighted by Gasteiger charge is -2.01. The average Bonchev–Trinajstić information content (AvgIpc) is 2.45. The van der Waals surface area contributed by atoms with Crippen molar-refractivity contribution in [3.63, 3.8) is 0 Å². The van der Waals surface area contributed by atoms with E-state index in [-0.39, 0.29) is 12.3 Å². The molecule has 0 aliphatic heterocycles. The lowest BCUT2D eigenvalue weighted by Crippen LogP contribution is -2.20. The summed E-state index contributed by atoms with van der Waals surface area (Å²) in [6.45, 7) is 2.27. The van der Waals surface area contributed by atoms with E-state index in [1.807, 2.05) is 24.3 Å². The first kappa shape index (κ1) is 17.0. The zero-order chi connectivity index (χ0) is 15.5. The Hall–Kier alpha value is -2.10. The summed E-state index contributed by atoms with van der Waals surface area (Å²) < 4.78 is 0. The number of aliphatic carboxylic acids is 1. The predicted molar refractivity (Wildman–Crippen MR) is 84.0 cm³/mol. The molecule has 1 aromatic rings. The number of carbonyl (C=O) groups is 2. The molecule has 114 valence electrons. The fourth-order valence-electron chi connectivity index (χ4n) is 1.92. The van der Waals surface area contributed by atoms with Crippen LogP contribution in [0.2, 0.25) is 0 Å². The van der Waals surface area contributed by atoms with Crippen molar-refractivity contribution < 1.29 is 14.7 Å². The first-order chi connectivity index (χ1) is 10.1. The summed E-state index contributed by atoms with van der Waals surface area (Å²) >= 11 is 0. The predicted octanol–water partition coefficient (Wildman–Crippen LogP) is 3.02. The Bertz CT molecular complexity index is 477. The number of nitrogens with one attached hydrogen (secondary N) is 1. The second-order valence-corrected chi connectivity index (χ2v) is 5.02. The SMILES string of the molecule is CC(=O)NCCCCC=Cc1ccc(CCC(=O)O)cc1. The molecule has 1 amide bonds. The molecule has 0 aromatic heterocycles. The maximum atomic E-state index is 10.7. The van der Waals surface area contributed by atoms with E-state index in [4.69, 9.17) is 5.11 Å². The molecule has 21 heavy (non-hydrogen) atoms. The molecule has 1 aromatic carbocycles. The molecule has 4 nitrogen and oxygen atoms in total. The number of hydrogen-bond acceptors (Lipinski definition) is 2. The van der Waals surface area contributed by atoms with Crippen LogP contribution in [0.15, 0.2) is 30.3 Å². The second kappa shape index (κ2) is 9.75. The van der Waals surface area contributed by atoms with Gasteiger partial charge in [0, 0.05) is 19.9 Å². The van der Waals surface area contributed by atoms with Gasteiger partial charge in [-0.25, -0.2) is 0 Å². The van der Waals surface area contributed by atoms with Crippen LogP contribution < -0.4 is 5.32 Å². The fraction of sp³-hybridized carbons (Fsp3) is 0.412. The second-order valence-electron chi connectivity index (χ2n) is 5.02. The molecule has 0 atom stereocenters. The van der Waals surface area contributed by atoms with Crippen molar-refractivity contribution in [2.45, 2.75) is 39.0 Å². The minimum Gasteiger partial charge on any atom is -0.481 e. The summed E-state index contributed by atoms with van der Waals surface area (Å²) in [5.41, 5.74) is 2.17. The Balaban J connectivity index is 2.23. The van der Waals surface area contributed by atoms with Crippen LogP contribution in [0.25, 0.3) is 6.08 Å². The normalized spacial score (nSPS) is 10.7. The molecule has 0 bridgehead atoms. The standard InChI is InChI=1S/C17H23NO3/c1-14(19)18-13-5-3-2-4-6-15-7-9-16(10-8-15)11-12-17(20)21/h4,6-10H,2-3,5,11-13H2,1H3,(H,18,19)(H,20,21). The molecule has 0 fully saturated rings. The third-order valence-electron chi connectivity index (χ3n) is 3.09. The topological polar surface area (TPSA) is 66.4 Å². The van der Waals surface area contributed by atoms with E-state index in [1.165, 1.54) is 6.92 Å². The maximum Gasteiger partial charge on any atom is 0.303 e. The van der Waals surface area contributed by atoms with E-state index in [9.17, 15) is 9.59 Å². The Kier molecular flexibility index (Phi) is 7.87. The van der Waals surface area contributed by atoms with Gasteiger partial charge in [0.2, 0.25) is 5.91 Å². The van der Waals surface area contributed by atoms with Crippen molar-refractivity contribution >= 4 is 18.0 Å². The number of carboxylic acids is 1. The summed E-state index contributed by atoms with van der Waals surface area (Å²) in [7, 11) is 0. The van der Waals surface area contributed by atoms with Crippen molar-refractivity contribution in [3.8, 4) is 0 Å². The molecule has 0 radical (unpaired) electrons. The number of amides is 1.